The maximum Gasteiger partial charge on any atom is 0.267 e. The number of hydrogen-bond donors (Lipinski definition) is 3. The normalized spacial score (nSPS) is 11.2. The molecule has 106 valence electrons. The van der Waals surface area contributed by atoms with E-state index in [1.54, 1.807) is 0 Å². The van der Waals surface area contributed by atoms with E-state index in [1.165, 1.54) is 25.4 Å². The average molecular weight is 287 g/mol. The fourth-order valence-electron chi connectivity index (χ4n) is 1.28. The predicted octanol–water partition coefficient (Wildman–Crippen LogP) is -0.145. The van der Waals surface area contributed by atoms with E-state index < -0.39 is 15.9 Å². The number of rotatable bonds is 8. The molecular weight excluding hydrogens is 270 g/mol. The second kappa shape index (κ2) is 7.07. The van der Waals surface area contributed by atoms with Gasteiger partial charge in [-0.1, -0.05) is 6.08 Å². The van der Waals surface area contributed by atoms with E-state index in [1.807, 2.05) is 0 Å². The highest BCUT2D eigenvalue weighted by atomic mass is 32.2. The Kier molecular flexibility index (Phi) is 5.74. The van der Waals surface area contributed by atoms with Crippen molar-refractivity contribution in [3.63, 3.8) is 0 Å². The molecule has 0 aliphatic carbocycles. The molecule has 0 aliphatic heterocycles. The highest BCUT2D eigenvalue weighted by Gasteiger charge is 2.17. The van der Waals surface area contributed by atoms with Crippen molar-refractivity contribution in [2.24, 2.45) is 0 Å². The third kappa shape index (κ3) is 4.51. The third-order valence-corrected chi connectivity index (χ3v) is 3.66. The molecule has 0 radical (unpaired) electrons. The molecule has 0 atom stereocenters. The predicted molar refractivity (Wildman–Crippen MR) is 70.4 cm³/mol. The molecule has 0 aromatic carbocycles. The van der Waals surface area contributed by atoms with Gasteiger partial charge in [0, 0.05) is 26.4 Å². The molecule has 19 heavy (non-hydrogen) atoms. The van der Waals surface area contributed by atoms with Crippen molar-refractivity contribution in [2.75, 3.05) is 26.8 Å². The first-order valence-electron chi connectivity index (χ1n) is 5.57. The van der Waals surface area contributed by atoms with E-state index in [9.17, 15) is 13.2 Å². The SMILES string of the molecule is C=CCNC(=O)c1cc(S(=O)(=O)NCCOC)c[nH]1. The Labute approximate surface area is 112 Å². The van der Waals surface area contributed by atoms with Crippen LogP contribution in [0.4, 0.5) is 0 Å². The lowest BCUT2D eigenvalue weighted by Crippen LogP contribution is -2.27. The minimum atomic E-state index is -3.63. The van der Waals surface area contributed by atoms with Gasteiger partial charge < -0.3 is 15.0 Å². The fraction of sp³-hybridized carbons (Fsp3) is 0.364. The summed E-state index contributed by atoms with van der Waals surface area (Å²) < 4.78 is 30.7. The van der Waals surface area contributed by atoms with Crippen LogP contribution in [-0.4, -0.2) is 46.1 Å². The summed E-state index contributed by atoms with van der Waals surface area (Å²) in [5.41, 5.74) is 0.175. The van der Waals surface area contributed by atoms with Crippen LogP contribution in [0.15, 0.2) is 29.8 Å². The number of methoxy groups -OCH3 is 1. The number of ether oxygens (including phenoxy) is 1. The first-order chi connectivity index (χ1) is 9.01. The van der Waals surface area contributed by atoms with Crippen LogP contribution in [0.2, 0.25) is 0 Å². The Bertz CT molecular complexity index is 536. The van der Waals surface area contributed by atoms with Crippen molar-refractivity contribution >= 4 is 15.9 Å². The molecule has 1 rings (SSSR count). The van der Waals surface area contributed by atoms with Crippen molar-refractivity contribution in [1.29, 1.82) is 0 Å². The van der Waals surface area contributed by atoms with Crippen molar-refractivity contribution in [3.8, 4) is 0 Å². The van der Waals surface area contributed by atoms with Crippen LogP contribution >= 0.6 is 0 Å². The summed E-state index contributed by atoms with van der Waals surface area (Å²) in [4.78, 5) is 14.2. The monoisotopic (exact) mass is 287 g/mol. The standard InChI is InChI=1S/C11H17N3O4S/c1-3-4-12-11(15)10-7-9(8-13-10)19(16,17)14-5-6-18-2/h3,7-8,13-14H,1,4-6H2,2H3,(H,12,15). The zero-order chi connectivity index (χ0) is 14.3. The second-order valence-corrected chi connectivity index (χ2v) is 5.41. The Morgan fingerprint density at radius 3 is 2.95 bits per heavy atom. The van der Waals surface area contributed by atoms with Crippen LogP contribution in [-0.2, 0) is 14.8 Å². The van der Waals surface area contributed by atoms with E-state index >= 15 is 0 Å². The Balaban J connectivity index is 2.72. The molecule has 0 unspecified atom stereocenters. The van der Waals surface area contributed by atoms with Gasteiger partial charge in [0.25, 0.3) is 5.91 Å². The lowest BCUT2D eigenvalue weighted by atomic mass is 10.4. The molecular formula is C11H17N3O4S. The maximum atomic E-state index is 11.8. The molecule has 1 heterocycles. The van der Waals surface area contributed by atoms with Crippen molar-refractivity contribution in [1.82, 2.24) is 15.0 Å². The van der Waals surface area contributed by atoms with E-state index in [4.69, 9.17) is 4.74 Å². The zero-order valence-electron chi connectivity index (χ0n) is 10.6. The molecule has 7 nitrogen and oxygen atoms in total. The summed E-state index contributed by atoms with van der Waals surface area (Å²) in [6, 6.07) is 1.27. The second-order valence-electron chi connectivity index (χ2n) is 3.64. The van der Waals surface area contributed by atoms with Gasteiger partial charge in [0.05, 0.1) is 6.61 Å². The van der Waals surface area contributed by atoms with Gasteiger partial charge in [-0.15, -0.1) is 6.58 Å². The molecule has 0 saturated heterocycles. The van der Waals surface area contributed by atoms with Gasteiger partial charge in [-0.3, -0.25) is 4.79 Å². The van der Waals surface area contributed by atoms with Gasteiger partial charge in [0.2, 0.25) is 10.0 Å². The number of carbonyl (C=O) groups excluding carboxylic acids is 1. The number of aromatic nitrogens is 1. The van der Waals surface area contributed by atoms with E-state index in [-0.39, 0.29) is 23.7 Å². The van der Waals surface area contributed by atoms with E-state index in [0.29, 0.717) is 6.54 Å². The zero-order valence-corrected chi connectivity index (χ0v) is 11.4. The topological polar surface area (TPSA) is 100 Å². The minimum Gasteiger partial charge on any atom is -0.383 e. The quantitative estimate of drug-likeness (QED) is 0.457. The number of amides is 1. The summed E-state index contributed by atoms with van der Waals surface area (Å²) in [5, 5.41) is 2.54. The summed E-state index contributed by atoms with van der Waals surface area (Å²) in [5.74, 6) is -0.391. The van der Waals surface area contributed by atoms with Gasteiger partial charge in [-0.25, -0.2) is 13.1 Å². The number of nitrogens with one attached hydrogen (secondary N) is 3. The molecule has 1 amide bonds. The summed E-state index contributed by atoms with van der Waals surface area (Å²) in [6.07, 6.45) is 2.79. The van der Waals surface area contributed by atoms with Gasteiger partial charge in [0.15, 0.2) is 0 Å². The Morgan fingerprint density at radius 2 is 2.32 bits per heavy atom. The minimum absolute atomic E-state index is 0.00681. The van der Waals surface area contributed by atoms with Crippen LogP contribution in [0, 0.1) is 0 Å². The number of hydrogen-bond acceptors (Lipinski definition) is 4. The lowest BCUT2D eigenvalue weighted by molar-refractivity contribution is 0.0953. The van der Waals surface area contributed by atoms with Crippen LogP contribution in [0.5, 0.6) is 0 Å². The van der Waals surface area contributed by atoms with Crippen molar-refractivity contribution in [3.05, 3.63) is 30.6 Å². The highest BCUT2D eigenvalue weighted by Crippen LogP contribution is 2.10. The molecule has 0 spiro atoms. The van der Waals surface area contributed by atoms with Crippen LogP contribution in [0.1, 0.15) is 10.5 Å². The molecule has 0 fully saturated rings. The summed E-state index contributed by atoms with van der Waals surface area (Å²) in [7, 11) is -2.15. The van der Waals surface area contributed by atoms with E-state index in [0.717, 1.165) is 0 Å². The van der Waals surface area contributed by atoms with Gasteiger partial charge >= 0.3 is 0 Å². The molecule has 8 heteroatoms. The molecule has 0 aliphatic rings. The van der Waals surface area contributed by atoms with Gasteiger partial charge in [-0.05, 0) is 6.07 Å². The van der Waals surface area contributed by atoms with E-state index in [2.05, 4.69) is 21.6 Å². The van der Waals surface area contributed by atoms with Crippen LogP contribution in [0.25, 0.3) is 0 Å². The van der Waals surface area contributed by atoms with Crippen LogP contribution in [0.3, 0.4) is 0 Å². The third-order valence-electron chi connectivity index (χ3n) is 2.22. The van der Waals surface area contributed by atoms with Crippen molar-refractivity contribution in [2.45, 2.75) is 4.90 Å². The highest BCUT2D eigenvalue weighted by molar-refractivity contribution is 7.89. The maximum absolute atomic E-state index is 11.8. The molecule has 1 aromatic rings. The number of aromatic amines is 1. The number of carbonyl (C=O) groups is 1. The van der Waals surface area contributed by atoms with Gasteiger partial charge in [-0.2, -0.15) is 0 Å². The molecule has 0 saturated carbocycles. The Hall–Kier alpha value is -1.64. The fourth-order valence-corrected chi connectivity index (χ4v) is 2.29. The number of sulfonamides is 1. The summed E-state index contributed by atoms with van der Waals surface area (Å²) >= 11 is 0. The number of H-pyrrole nitrogens is 1. The molecule has 1 aromatic heterocycles. The molecule has 3 N–H and O–H groups in total. The lowest BCUT2D eigenvalue weighted by Gasteiger charge is -2.03. The first kappa shape index (κ1) is 15.4. The van der Waals surface area contributed by atoms with Crippen LogP contribution < -0.4 is 10.0 Å². The smallest absolute Gasteiger partial charge is 0.267 e. The average Bonchev–Trinajstić information content (AvgIpc) is 2.86. The summed E-state index contributed by atoms with van der Waals surface area (Å²) in [6.45, 7) is 4.22. The Morgan fingerprint density at radius 1 is 1.58 bits per heavy atom. The van der Waals surface area contributed by atoms with Gasteiger partial charge in [0.1, 0.15) is 10.6 Å². The molecule has 0 bridgehead atoms. The first-order valence-corrected chi connectivity index (χ1v) is 7.05. The largest absolute Gasteiger partial charge is 0.383 e. The van der Waals surface area contributed by atoms with Crippen molar-refractivity contribution < 1.29 is 17.9 Å².